The SMILES string of the molecule is CCCCCCCCCCCCOC(=O)c1cccc(C(=O)OCC2CCCCC2)c1. The summed E-state index contributed by atoms with van der Waals surface area (Å²) in [5.41, 5.74) is 0.836. The summed E-state index contributed by atoms with van der Waals surface area (Å²) in [6.45, 7) is 3.16. The fraction of sp³-hybridized carbons (Fsp3) is 0.704. The Morgan fingerprint density at radius 1 is 0.774 bits per heavy atom. The first-order chi connectivity index (χ1) is 15.2. The fourth-order valence-electron chi connectivity index (χ4n) is 4.24. The summed E-state index contributed by atoms with van der Waals surface area (Å²) >= 11 is 0. The first-order valence-corrected chi connectivity index (χ1v) is 12.6. The topological polar surface area (TPSA) is 52.6 Å². The van der Waals surface area contributed by atoms with Gasteiger partial charge in [0.15, 0.2) is 0 Å². The molecule has 0 radical (unpaired) electrons. The molecule has 31 heavy (non-hydrogen) atoms. The van der Waals surface area contributed by atoms with E-state index in [4.69, 9.17) is 9.47 Å². The molecule has 0 saturated heterocycles. The first kappa shape index (κ1) is 25.4. The fourth-order valence-corrected chi connectivity index (χ4v) is 4.24. The average Bonchev–Trinajstić information content (AvgIpc) is 2.81. The van der Waals surface area contributed by atoms with Crippen molar-refractivity contribution in [1.82, 2.24) is 0 Å². The van der Waals surface area contributed by atoms with Crippen LogP contribution in [0, 0.1) is 5.92 Å². The number of ether oxygens (including phenoxy) is 2. The Morgan fingerprint density at radius 2 is 1.32 bits per heavy atom. The first-order valence-electron chi connectivity index (χ1n) is 12.6. The van der Waals surface area contributed by atoms with E-state index >= 15 is 0 Å². The monoisotopic (exact) mass is 430 g/mol. The predicted molar refractivity (Wildman–Crippen MR) is 125 cm³/mol. The lowest BCUT2D eigenvalue weighted by Gasteiger charge is -2.21. The zero-order valence-corrected chi connectivity index (χ0v) is 19.5. The Kier molecular flexibility index (Phi) is 13.0. The van der Waals surface area contributed by atoms with Gasteiger partial charge in [-0.1, -0.05) is 90.0 Å². The third-order valence-electron chi connectivity index (χ3n) is 6.24. The van der Waals surface area contributed by atoms with Gasteiger partial charge in [0.2, 0.25) is 0 Å². The molecule has 0 amide bonds. The van der Waals surface area contributed by atoms with Crippen LogP contribution in [0.25, 0.3) is 0 Å². The van der Waals surface area contributed by atoms with Crippen LogP contribution in [-0.2, 0) is 9.47 Å². The summed E-state index contributed by atoms with van der Waals surface area (Å²) in [6, 6.07) is 6.69. The van der Waals surface area contributed by atoms with Gasteiger partial charge in [-0.25, -0.2) is 9.59 Å². The molecule has 1 aromatic rings. The predicted octanol–water partition coefficient (Wildman–Crippen LogP) is 7.50. The average molecular weight is 431 g/mol. The van der Waals surface area contributed by atoms with Crippen LogP contribution in [-0.4, -0.2) is 25.2 Å². The van der Waals surface area contributed by atoms with Gasteiger partial charge in [0.05, 0.1) is 24.3 Å². The summed E-state index contributed by atoms with van der Waals surface area (Å²) in [5, 5.41) is 0. The zero-order valence-electron chi connectivity index (χ0n) is 19.5. The lowest BCUT2D eigenvalue weighted by molar-refractivity contribution is 0.0410. The van der Waals surface area contributed by atoms with Crippen LogP contribution >= 0.6 is 0 Å². The Morgan fingerprint density at radius 3 is 1.94 bits per heavy atom. The number of carbonyl (C=O) groups excluding carboxylic acids is 2. The number of benzene rings is 1. The standard InChI is InChI=1S/C27H42O4/c1-2-3-4-5-6-7-8-9-10-14-20-30-26(28)24-18-15-19-25(21-24)27(29)31-22-23-16-12-11-13-17-23/h15,18-19,21,23H,2-14,16-17,20,22H2,1H3. The lowest BCUT2D eigenvalue weighted by Crippen LogP contribution is -2.17. The second kappa shape index (κ2) is 15.9. The van der Waals surface area contributed by atoms with Crippen molar-refractivity contribution in [3.05, 3.63) is 35.4 Å². The van der Waals surface area contributed by atoms with E-state index in [1.807, 2.05) is 0 Å². The molecular weight excluding hydrogens is 388 g/mol. The summed E-state index contributed by atoms with van der Waals surface area (Å²) < 4.78 is 10.9. The maximum atomic E-state index is 12.3. The van der Waals surface area contributed by atoms with E-state index in [9.17, 15) is 9.59 Å². The van der Waals surface area contributed by atoms with E-state index in [1.54, 1.807) is 24.3 Å². The van der Waals surface area contributed by atoms with Gasteiger partial charge in [-0.3, -0.25) is 0 Å². The van der Waals surface area contributed by atoms with Crippen molar-refractivity contribution < 1.29 is 19.1 Å². The molecule has 1 aromatic carbocycles. The maximum Gasteiger partial charge on any atom is 0.338 e. The van der Waals surface area contributed by atoms with Gasteiger partial charge in [0.1, 0.15) is 0 Å². The molecule has 174 valence electrons. The molecule has 0 aliphatic heterocycles. The van der Waals surface area contributed by atoms with Crippen LogP contribution in [0.1, 0.15) is 124 Å². The number of esters is 2. The summed E-state index contributed by atoms with van der Waals surface area (Å²) in [6.07, 6.45) is 18.5. The van der Waals surface area contributed by atoms with Gasteiger partial charge in [0, 0.05) is 0 Å². The molecule has 1 aliphatic rings. The highest BCUT2D eigenvalue weighted by Crippen LogP contribution is 2.24. The van der Waals surface area contributed by atoms with Crippen molar-refractivity contribution in [2.75, 3.05) is 13.2 Å². The minimum absolute atomic E-state index is 0.352. The number of carbonyl (C=O) groups is 2. The molecule has 0 atom stereocenters. The third-order valence-corrected chi connectivity index (χ3v) is 6.24. The van der Waals surface area contributed by atoms with Crippen LogP contribution in [0.4, 0.5) is 0 Å². The van der Waals surface area contributed by atoms with Crippen molar-refractivity contribution in [3.8, 4) is 0 Å². The highest BCUT2D eigenvalue weighted by atomic mass is 16.5. The van der Waals surface area contributed by atoms with Crippen molar-refractivity contribution in [2.45, 2.75) is 103 Å². The van der Waals surface area contributed by atoms with Gasteiger partial charge in [-0.05, 0) is 43.4 Å². The molecular formula is C27H42O4. The van der Waals surface area contributed by atoms with E-state index in [2.05, 4.69) is 6.92 Å². The highest BCUT2D eigenvalue weighted by molar-refractivity contribution is 5.95. The quantitative estimate of drug-likeness (QED) is 0.213. The molecule has 0 N–H and O–H groups in total. The van der Waals surface area contributed by atoms with Crippen LogP contribution in [0.5, 0.6) is 0 Å². The van der Waals surface area contributed by atoms with Gasteiger partial charge >= 0.3 is 11.9 Å². The van der Waals surface area contributed by atoms with Crippen LogP contribution in [0.3, 0.4) is 0 Å². The molecule has 1 saturated carbocycles. The Hall–Kier alpha value is -1.84. The van der Waals surface area contributed by atoms with Crippen molar-refractivity contribution in [2.24, 2.45) is 5.92 Å². The molecule has 0 aromatic heterocycles. The number of hydrogen-bond donors (Lipinski definition) is 0. The molecule has 0 unspecified atom stereocenters. The maximum absolute atomic E-state index is 12.3. The van der Waals surface area contributed by atoms with Gasteiger partial charge in [-0.15, -0.1) is 0 Å². The van der Waals surface area contributed by atoms with Crippen LogP contribution in [0.15, 0.2) is 24.3 Å². The normalized spacial score (nSPS) is 14.4. The van der Waals surface area contributed by atoms with E-state index < -0.39 is 0 Å². The number of rotatable bonds is 15. The summed E-state index contributed by atoms with van der Waals surface area (Å²) in [4.78, 5) is 24.7. The molecule has 1 aliphatic carbocycles. The van der Waals surface area contributed by atoms with Crippen molar-refractivity contribution in [1.29, 1.82) is 0 Å². The van der Waals surface area contributed by atoms with Gasteiger partial charge in [0.25, 0.3) is 0 Å². The van der Waals surface area contributed by atoms with E-state index in [0.717, 1.165) is 25.7 Å². The van der Waals surface area contributed by atoms with Gasteiger partial charge in [-0.2, -0.15) is 0 Å². The second-order valence-electron chi connectivity index (χ2n) is 9.00. The molecule has 1 fully saturated rings. The van der Waals surface area contributed by atoms with E-state index in [0.29, 0.717) is 30.3 Å². The Bertz CT molecular complexity index is 634. The zero-order chi connectivity index (χ0) is 22.2. The van der Waals surface area contributed by atoms with Gasteiger partial charge < -0.3 is 9.47 Å². The minimum Gasteiger partial charge on any atom is -0.462 e. The highest BCUT2D eigenvalue weighted by Gasteiger charge is 2.17. The van der Waals surface area contributed by atoms with E-state index in [-0.39, 0.29) is 11.9 Å². The molecule has 4 heteroatoms. The molecule has 0 spiro atoms. The molecule has 2 rings (SSSR count). The molecule has 4 nitrogen and oxygen atoms in total. The van der Waals surface area contributed by atoms with E-state index in [1.165, 1.54) is 70.6 Å². The van der Waals surface area contributed by atoms with Crippen molar-refractivity contribution in [3.63, 3.8) is 0 Å². The summed E-state index contributed by atoms with van der Waals surface area (Å²) in [7, 11) is 0. The Balaban J connectivity index is 1.58. The smallest absolute Gasteiger partial charge is 0.338 e. The number of unbranched alkanes of at least 4 members (excludes halogenated alkanes) is 9. The minimum atomic E-state index is -0.363. The van der Waals surface area contributed by atoms with Crippen molar-refractivity contribution >= 4 is 11.9 Å². The van der Waals surface area contributed by atoms with Crippen LogP contribution in [0.2, 0.25) is 0 Å². The molecule has 0 bridgehead atoms. The largest absolute Gasteiger partial charge is 0.462 e. The Labute approximate surface area is 189 Å². The number of hydrogen-bond acceptors (Lipinski definition) is 4. The summed E-state index contributed by atoms with van der Waals surface area (Å²) in [5.74, 6) is -0.236. The lowest BCUT2D eigenvalue weighted by atomic mass is 9.90. The second-order valence-corrected chi connectivity index (χ2v) is 9.00. The molecule has 0 heterocycles. The van der Waals surface area contributed by atoms with Crippen LogP contribution < -0.4 is 0 Å². The third kappa shape index (κ3) is 10.8.